The highest BCUT2D eigenvalue weighted by atomic mass is 16.5. The van der Waals surface area contributed by atoms with Crippen LogP contribution in [0.15, 0.2) is 17.0 Å². The molecule has 78 valence electrons. The molecule has 0 amide bonds. The van der Waals surface area contributed by atoms with Gasteiger partial charge in [-0.15, -0.1) is 0 Å². The lowest BCUT2D eigenvalue weighted by molar-refractivity contribution is 0.0136. The van der Waals surface area contributed by atoms with E-state index >= 15 is 0 Å². The molecule has 5 heteroatoms. The SMILES string of the molecule is NCC(c1cnco1)N1CCOCC1. The number of aromatic nitrogens is 1. The van der Waals surface area contributed by atoms with Gasteiger partial charge in [0.05, 0.1) is 25.5 Å². The lowest BCUT2D eigenvalue weighted by Crippen LogP contribution is -2.41. The smallest absolute Gasteiger partial charge is 0.180 e. The minimum absolute atomic E-state index is 0.140. The molecule has 2 rings (SSSR count). The summed E-state index contributed by atoms with van der Waals surface area (Å²) in [5.41, 5.74) is 5.72. The standard InChI is InChI=1S/C9H15N3O2/c10-5-8(9-6-11-7-14-9)12-1-3-13-4-2-12/h6-8H,1-5,10H2. The number of nitrogens with zero attached hydrogens (tertiary/aromatic N) is 2. The minimum Gasteiger partial charge on any atom is -0.447 e. The summed E-state index contributed by atoms with van der Waals surface area (Å²) < 4.78 is 10.5. The molecular formula is C9H15N3O2. The van der Waals surface area contributed by atoms with Gasteiger partial charge in [-0.2, -0.15) is 0 Å². The van der Waals surface area contributed by atoms with Crippen LogP contribution in [0.5, 0.6) is 0 Å². The quantitative estimate of drug-likeness (QED) is 0.739. The summed E-state index contributed by atoms with van der Waals surface area (Å²) in [5.74, 6) is 0.842. The van der Waals surface area contributed by atoms with Crippen LogP contribution in [0, 0.1) is 0 Å². The average molecular weight is 197 g/mol. The van der Waals surface area contributed by atoms with Crippen LogP contribution < -0.4 is 5.73 Å². The molecule has 0 spiro atoms. The fourth-order valence-electron chi connectivity index (χ4n) is 1.72. The van der Waals surface area contributed by atoms with Crippen molar-refractivity contribution in [1.82, 2.24) is 9.88 Å². The zero-order valence-electron chi connectivity index (χ0n) is 8.06. The average Bonchev–Trinajstić information content (AvgIpc) is 2.74. The summed E-state index contributed by atoms with van der Waals surface area (Å²) in [6, 6.07) is 0.140. The van der Waals surface area contributed by atoms with E-state index in [0.717, 1.165) is 32.1 Å². The summed E-state index contributed by atoms with van der Waals surface area (Å²) in [5, 5.41) is 0. The van der Waals surface area contributed by atoms with E-state index in [2.05, 4.69) is 9.88 Å². The van der Waals surface area contributed by atoms with Gasteiger partial charge >= 0.3 is 0 Å². The maximum absolute atomic E-state index is 5.72. The van der Waals surface area contributed by atoms with E-state index in [-0.39, 0.29) is 6.04 Å². The van der Waals surface area contributed by atoms with E-state index in [1.54, 1.807) is 6.20 Å². The highest BCUT2D eigenvalue weighted by Crippen LogP contribution is 2.19. The third-order valence-electron chi connectivity index (χ3n) is 2.49. The molecule has 1 aliphatic heterocycles. The molecule has 0 aromatic carbocycles. The zero-order chi connectivity index (χ0) is 9.80. The van der Waals surface area contributed by atoms with Gasteiger partial charge in [-0.3, -0.25) is 4.90 Å². The molecule has 5 nitrogen and oxygen atoms in total. The maximum atomic E-state index is 5.72. The second kappa shape index (κ2) is 4.54. The van der Waals surface area contributed by atoms with Crippen molar-refractivity contribution in [3.05, 3.63) is 18.4 Å². The number of oxazole rings is 1. The van der Waals surface area contributed by atoms with Crippen LogP contribution in [0.3, 0.4) is 0 Å². The number of hydrogen-bond donors (Lipinski definition) is 1. The molecule has 2 heterocycles. The van der Waals surface area contributed by atoms with E-state index in [4.69, 9.17) is 14.9 Å². The lowest BCUT2D eigenvalue weighted by atomic mass is 10.2. The molecule has 0 saturated carbocycles. The van der Waals surface area contributed by atoms with Gasteiger partial charge in [-0.05, 0) is 0 Å². The Morgan fingerprint density at radius 1 is 1.50 bits per heavy atom. The van der Waals surface area contributed by atoms with Crippen LogP contribution in [0.25, 0.3) is 0 Å². The molecule has 1 atom stereocenters. The van der Waals surface area contributed by atoms with Crippen molar-refractivity contribution in [2.45, 2.75) is 6.04 Å². The maximum Gasteiger partial charge on any atom is 0.180 e. The molecule has 0 bridgehead atoms. The first-order valence-corrected chi connectivity index (χ1v) is 4.82. The van der Waals surface area contributed by atoms with Crippen LogP contribution in [0.2, 0.25) is 0 Å². The van der Waals surface area contributed by atoms with Gasteiger partial charge in [-0.25, -0.2) is 4.98 Å². The first kappa shape index (κ1) is 9.64. The summed E-state index contributed by atoms with van der Waals surface area (Å²) in [4.78, 5) is 6.17. The van der Waals surface area contributed by atoms with Crippen molar-refractivity contribution in [3.63, 3.8) is 0 Å². The normalized spacial score (nSPS) is 20.9. The van der Waals surface area contributed by atoms with Crippen molar-refractivity contribution in [1.29, 1.82) is 0 Å². The molecule has 2 N–H and O–H groups in total. The van der Waals surface area contributed by atoms with Gasteiger partial charge in [0.1, 0.15) is 5.76 Å². The third kappa shape index (κ3) is 1.95. The molecule has 1 fully saturated rings. The molecule has 1 saturated heterocycles. The summed E-state index contributed by atoms with van der Waals surface area (Å²) in [6.45, 7) is 3.90. The Morgan fingerprint density at radius 2 is 2.29 bits per heavy atom. The second-order valence-corrected chi connectivity index (χ2v) is 3.30. The Hall–Kier alpha value is -0.910. The molecule has 0 radical (unpaired) electrons. The number of morpholine rings is 1. The summed E-state index contributed by atoms with van der Waals surface area (Å²) in [6.07, 6.45) is 3.17. The third-order valence-corrected chi connectivity index (χ3v) is 2.49. The molecule has 1 aromatic heterocycles. The zero-order valence-corrected chi connectivity index (χ0v) is 8.06. The van der Waals surface area contributed by atoms with E-state index in [9.17, 15) is 0 Å². The van der Waals surface area contributed by atoms with Crippen LogP contribution in [-0.2, 0) is 4.74 Å². The van der Waals surface area contributed by atoms with Crippen molar-refractivity contribution < 1.29 is 9.15 Å². The highest BCUT2D eigenvalue weighted by molar-refractivity contribution is 4.99. The number of hydrogen-bond acceptors (Lipinski definition) is 5. The van der Waals surface area contributed by atoms with Crippen LogP contribution in [0.1, 0.15) is 11.8 Å². The predicted molar refractivity (Wildman–Crippen MR) is 50.7 cm³/mol. The Labute approximate surface area is 82.8 Å². The van der Waals surface area contributed by atoms with E-state index < -0.39 is 0 Å². The Bertz CT molecular complexity index is 257. The fourth-order valence-corrected chi connectivity index (χ4v) is 1.72. The number of rotatable bonds is 3. The van der Waals surface area contributed by atoms with Crippen molar-refractivity contribution in [3.8, 4) is 0 Å². The number of ether oxygens (including phenoxy) is 1. The monoisotopic (exact) mass is 197 g/mol. The molecule has 1 aromatic rings. The predicted octanol–water partition coefficient (Wildman–Crippen LogP) is 0.00660. The topological polar surface area (TPSA) is 64.5 Å². The largest absolute Gasteiger partial charge is 0.447 e. The summed E-state index contributed by atoms with van der Waals surface area (Å²) in [7, 11) is 0. The number of nitrogens with two attached hydrogens (primary N) is 1. The van der Waals surface area contributed by atoms with E-state index in [1.165, 1.54) is 6.39 Å². The Morgan fingerprint density at radius 3 is 2.86 bits per heavy atom. The molecule has 1 aliphatic rings. The van der Waals surface area contributed by atoms with E-state index in [0.29, 0.717) is 6.54 Å². The van der Waals surface area contributed by atoms with Crippen LogP contribution >= 0.6 is 0 Å². The van der Waals surface area contributed by atoms with E-state index in [1.807, 2.05) is 0 Å². The van der Waals surface area contributed by atoms with Gasteiger partial charge in [-0.1, -0.05) is 0 Å². The molecular weight excluding hydrogens is 182 g/mol. The van der Waals surface area contributed by atoms with Gasteiger partial charge in [0, 0.05) is 19.6 Å². The lowest BCUT2D eigenvalue weighted by Gasteiger charge is -2.32. The van der Waals surface area contributed by atoms with Gasteiger partial charge < -0.3 is 14.9 Å². The first-order valence-electron chi connectivity index (χ1n) is 4.82. The molecule has 1 unspecified atom stereocenters. The van der Waals surface area contributed by atoms with Gasteiger partial charge in [0.25, 0.3) is 0 Å². The molecule has 14 heavy (non-hydrogen) atoms. The van der Waals surface area contributed by atoms with Crippen molar-refractivity contribution in [2.75, 3.05) is 32.8 Å². The first-order chi connectivity index (χ1) is 6.92. The Kier molecular flexibility index (Phi) is 3.13. The fraction of sp³-hybridized carbons (Fsp3) is 0.667. The van der Waals surface area contributed by atoms with Gasteiger partial charge in [0.2, 0.25) is 0 Å². The minimum atomic E-state index is 0.140. The van der Waals surface area contributed by atoms with Crippen LogP contribution in [0.4, 0.5) is 0 Å². The highest BCUT2D eigenvalue weighted by Gasteiger charge is 2.23. The summed E-state index contributed by atoms with van der Waals surface area (Å²) >= 11 is 0. The van der Waals surface area contributed by atoms with Crippen LogP contribution in [-0.4, -0.2) is 42.7 Å². The Balaban J connectivity index is 2.04. The van der Waals surface area contributed by atoms with Gasteiger partial charge in [0.15, 0.2) is 6.39 Å². The van der Waals surface area contributed by atoms with Crippen molar-refractivity contribution >= 4 is 0 Å². The second-order valence-electron chi connectivity index (χ2n) is 3.30. The van der Waals surface area contributed by atoms with Crippen molar-refractivity contribution in [2.24, 2.45) is 5.73 Å². The molecule has 0 aliphatic carbocycles.